The number of ether oxygens (including phenoxy) is 1. The summed E-state index contributed by atoms with van der Waals surface area (Å²) in [6.07, 6.45) is 1.66. The van der Waals surface area contributed by atoms with Crippen LogP contribution in [0.3, 0.4) is 0 Å². The normalized spacial score (nSPS) is 10.5. The topological polar surface area (TPSA) is 56.7 Å². The van der Waals surface area contributed by atoms with Crippen LogP contribution in [0, 0.1) is 0 Å². The SMILES string of the molecule is COc1ccc2ccc(CN)c(=O)n2c1. The Morgan fingerprint density at radius 1 is 1.33 bits per heavy atom. The molecular weight excluding hydrogens is 192 g/mol. The minimum absolute atomic E-state index is 0.0890. The molecule has 2 aromatic heterocycles. The van der Waals surface area contributed by atoms with Crippen molar-refractivity contribution < 1.29 is 4.74 Å². The number of hydrogen-bond donors (Lipinski definition) is 1. The fourth-order valence-electron chi connectivity index (χ4n) is 1.49. The lowest BCUT2D eigenvalue weighted by Crippen LogP contribution is -2.20. The van der Waals surface area contributed by atoms with Gasteiger partial charge in [0.05, 0.1) is 13.3 Å². The average molecular weight is 204 g/mol. The van der Waals surface area contributed by atoms with Gasteiger partial charge >= 0.3 is 0 Å². The van der Waals surface area contributed by atoms with E-state index in [1.807, 2.05) is 18.2 Å². The molecule has 2 rings (SSSR count). The monoisotopic (exact) mass is 204 g/mol. The summed E-state index contributed by atoms with van der Waals surface area (Å²) in [4.78, 5) is 11.9. The molecule has 0 aromatic carbocycles. The predicted molar refractivity (Wildman–Crippen MR) is 58.1 cm³/mol. The molecule has 0 bridgehead atoms. The Morgan fingerprint density at radius 2 is 2.07 bits per heavy atom. The van der Waals surface area contributed by atoms with Crippen molar-refractivity contribution >= 4 is 5.52 Å². The third-order valence-corrected chi connectivity index (χ3v) is 2.36. The van der Waals surface area contributed by atoms with E-state index >= 15 is 0 Å². The summed E-state index contributed by atoms with van der Waals surface area (Å²) in [6, 6.07) is 7.27. The molecule has 0 unspecified atom stereocenters. The second-order valence-corrected chi connectivity index (χ2v) is 3.23. The molecule has 0 radical (unpaired) electrons. The van der Waals surface area contributed by atoms with Crippen molar-refractivity contribution in [3.05, 3.63) is 46.4 Å². The van der Waals surface area contributed by atoms with Crippen LogP contribution < -0.4 is 16.0 Å². The zero-order valence-corrected chi connectivity index (χ0v) is 8.43. The van der Waals surface area contributed by atoms with Gasteiger partial charge in [-0.3, -0.25) is 9.20 Å². The van der Waals surface area contributed by atoms with E-state index in [0.717, 1.165) is 5.52 Å². The molecule has 0 aliphatic rings. The van der Waals surface area contributed by atoms with Gasteiger partial charge in [0.2, 0.25) is 0 Å². The Kier molecular flexibility index (Phi) is 2.43. The highest BCUT2D eigenvalue weighted by molar-refractivity contribution is 5.49. The number of rotatable bonds is 2. The lowest BCUT2D eigenvalue weighted by Gasteiger charge is -2.05. The van der Waals surface area contributed by atoms with Crippen LogP contribution in [0.15, 0.2) is 35.3 Å². The molecule has 0 aliphatic heterocycles. The lowest BCUT2D eigenvalue weighted by molar-refractivity contribution is 0.412. The van der Waals surface area contributed by atoms with Gasteiger partial charge in [0.15, 0.2) is 0 Å². The van der Waals surface area contributed by atoms with E-state index in [0.29, 0.717) is 11.3 Å². The fourth-order valence-corrected chi connectivity index (χ4v) is 1.49. The highest BCUT2D eigenvalue weighted by Gasteiger charge is 2.02. The second kappa shape index (κ2) is 3.74. The first-order valence-electron chi connectivity index (χ1n) is 4.64. The van der Waals surface area contributed by atoms with Crippen LogP contribution in [0.2, 0.25) is 0 Å². The van der Waals surface area contributed by atoms with Gasteiger partial charge in [-0.15, -0.1) is 0 Å². The smallest absolute Gasteiger partial charge is 0.259 e. The first-order valence-corrected chi connectivity index (χ1v) is 4.64. The van der Waals surface area contributed by atoms with E-state index in [2.05, 4.69) is 0 Å². The number of aromatic nitrogens is 1. The first kappa shape index (κ1) is 9.73. The summed E-state index contributed by atoms with van der Waals surface area (Å²) in [6.45, 7) is 0.249. The summed E-state index contributed by atoms with van der Waals surface area (Å²) in [7, 11) is 1.57. The maximum absolute atomic E-state index is 11.9. The molecular formula is C11H12N2O2. The number of pyridine rings is 2. The van der Waals surface area contributed by atoms with E-state index in [9.17, 15) is 4.79 Å². The van der Waals surface area contributed by atoms with Crippen LogP contribution in [0.5, 0.6) is 5.75 Å². The highest BCUT2D eigenvalue weighted by Crippen LogP contribution is 2.11. The standard InChI is InChI=1S/C11H12N2O2/c1-15-10-5-4-9-3-2-8(6-12)11(14)13(9)7-10/h2-5,7H,6,12H2,1H3. The van der Waals surface area contributed by atoms with Crippen molar-refractivity contribution in [2.75, 3.05) is 7.11 Å². The van der Waals surface area contributed by atoms with Gasteiger partial charge in [-0.2, -0.15) is 0 Å². The van der Waals surface area contributed by atoms with Crippen LogP contribution >= 0.6 is 0 Å². The Labute approximate surface area is 86.9 Å². The molecule has 15 heavy (non-hydrogen) atoms. The van der Waals surface area contributed by atoms with E-state index < -0.39 is 0 Å². The molecule has 0 fully saturated rings. The van der Waals surface area contributed by atoms with E-state index in [1.54, 1.807) is 23.8 Å². The van der Waals surface area contributed by atoms with Crippen LogP contribution in [0.4, 0.5) is 0 Å². The Morgan fingerprint density at radius 3 is 2.73 bits per heavy atom. The summed E-state index contributed by atoms with van der Waals surface area (Å²) in [5.74, 6) is 0.652. The van der Waals surface area contributed by atoms with Crippen LogP contribution in [0.25, 0.3) is 5.52 Å². The molecule has 2 aromatic rings. The molecule has 0 spiro atoms. The van der Waals surface area contributed by atoms with Gasteiger partial charge in [-0.1, -0.05) is 6.07 Å². The summed E-state index contributed by atoms with van der Waals surface area (Å²) < 4.78 is 6.60. The van der Waals surface area contributed by atoms with E-state index in [1.165, 1.54) is 0 Å². The molecule has 0 aliphatic carbocycles. The lowest BCUT2D eigenvalue weighted by atomic mass is 10.2. The third-order valence-electron chi connectivity index (χ3n) is 2.36. The minimum Gasteiger partial charge on any atom is -0.495 e. The number of nitrogens with zero attached hydrogens (tertiary/aromatic N) is 1. The molecule has 4 nitrogen and oxygen atoms in total. The van der Waals surface area contributed by atoms with Crippen molar-refractivity contribution in [1.82, 2.24) is 4.40 Å². The van der Waals surface area contributed by atoms with Gasteiger partial charge < -0.3 is 10.5 Å². The van der Waals surface area contributed by atoms with E-state index in [-0.39, 0.29) is 12.1 Å². The Balaban J connectivity index is 2.78. The van der Waals surface area contributed by atoms with Gasteiger partial charge in [0.25, 0.3) is 5.56 Å². The van der Waals surface area contributed by atoms with Crippen molar-refractivity contribution in [2.24, 2.45) is 5.73 Å². The van der Waals surface area contributed by atoms with Gasteiger partial charge in [0.1, 0.15) is 5.75 Å². The average Bonchev–Trinajstić information content (AvgIpc) is 2.29. The molecule has 0 saturated carbocycles. The van der Waals surface area contributed by atoms with Gasteiger partial charge in [-0.05, 0) is 18.2 Å². The number of hydrogen-bond acceptors (Lipinski definition) is 3. The zero-order valence-electron chi connectivity index (χ0n) is 8.43. The molecule has 0 atom stereocenters. The fraction of sp³-hybridized carbons (Fsp3) is 0.182. The number of fused-ring (bicyclic) bond motifs is 1. The van der Waals surface area contributed by atoms with Crippen molar-refractivity contribution in [3.63, 3.8) is 0 Å². The second-order valence-electron chi connectivity index (χ2n) is 3.23. The number of nitrogens with two attached hydrogens (primary N) is 1. The Hall–Kier alpha value is -1.81. The van der Waals surface area contributed by atoms with Crippen molar-refractivity contribution in [3.8, 4) is 5.75 Å². The molecule has 4 heteroatoms. The third kappa shape index (κ3) is 1.59. The Bertz CT molecular complexity index is 541. The predicted octanol–water partition coefficient (Wildman–Crippen LogP) is 0.767. The zero-order chi connectivity index (χ0) is 10.8. The molecule has 2 heterocycles. The summed E-state index contributed by atoms with van der Waals surface area (Å²) >= 11 is 0. The first-order chi connectivity index (χ1) is 7.26. The van der Waals surface area contributed by atoms with Gasteiger partial charge in [0, 0.05) is 17.6 Å². The van der Waals surface area contributed by atoms with Gasteiger partial charge in [-0.25, -0.2) is 0 Å². The van der Waals surface area contributed by atoms with E-state index in [4.69, 9.17) is 10.5 Å². The minimum atomic E-state index is -0.0890. The molecule has 78 valence electrons. The highest BCUT2D eigenvalue weighted by atomic mass is 16.5. The van der Waals surface area contributed by atoms with Crippen molar-refractivity contribution in [1.29, 1.82) is 0 Å². The van der Waals surface area contributed by atoms with Crippen LogP contribution in [-0.2, 0) is 6.54 Å². The number of methoxy groups -OCH3 is 1. The maximum Gasteiger partial charge on any atom is 0.259 e. The largest absolute Gasteiger partial charge is 0.495 e. The molecule has 2 N–H and O–H groups in total. The molecule has 0 amide bonds. The summed E-state index contributed by atoms with van der Waals surface area (Å²) in [5.41, 5.74) is 6.81. The molecule has 0 saturated heterocycles. The van der Waals surface area contributed by atoms with Crippen molar-refractivity contribution in [2.45, 2.75) is 6.54 Å². The van der Waals surface area contributed by atoms with Crippen LogP contribution in [0.1, 0.15) is 5.56 Å². The quantitative estimate of drug-likeness (QED) is 0.786. The summed E-state index contributed by atoms with van der Waals surface area (Å²) in [5, 5.41) is 0. The van der Waals surface area contributed by atoms with Crippen LogP contribution in [-0.4, -0.2) is 11.5 Å². The maximum atomic E-state index is 11.9.